The fourth-order valence-corrected chi connectivity index (χ4v) is 3.88. The van der Waals surface area contributed by atoms with Crippen molar-refractivity contribution in [1.29, 1.82) is 0 Å². The molecule has 0 aromatic carbocycles. The summed E-state index contributed by atoms with van der Waals surface area (Å²) in [5, 5.41) is 13.4. The number of aliphatic hydroxyl groups is 1. The molecule has 5 nitrogen and oxygen atoms in total. The van der Waals surface area contributed by atoms with Crippen LogP contribution in [0.5, 0.6) is 0 Å². The smallest absolute Gasteiger partial charge is 0.193 e. The molecule has 1 aliphatic heterocycles. The van der Waals surface area contributed by atoms with Gasteiger partial charge < -0.3 is 20.2 Å². The molecule has 6 heteroatoms. The number of halogens is 1. The fraction of sp³-hybridized carbons (Fsp3) is 0.944. The molecule has 3 unspecified atom stereocenters. The zero-order valence-electron chi connectivity index (χ0n) is 15.7. The Balaban J connectivity index is 0.00000288. The minimum atomic E-state index is -0.143. The van der Waals surface area contributed by atoms with Crippen molar-refractivity contribution in [1.82, 2.24) is 15.1 Å². The van der Waals surface area contributed by atoms with Gasteiger partial charge in [0.2, 0.25) is 0 Å². The van der Waals surface area contributed by atoms with Gasteiger partial charge in [-0.3, -0.25) is 4.99 Å². The van der Waals surface area contributed by atoms with Gasteiger partial charge in [-0.1, -0.05) is 20.3 Å². The van der Waals surface area contributed by atoms with Crippen molar-refractivity contribution in [2.24, 2.45) is 16.8 Å². The van der Waals surface area contributed by atoms with Crippen LogP contribution in [0.3, 0.4) is 0 Å². The second-order valence-corrected chi connectivity index (χ2v) is 7.04. The molecule has 0 radical (unpaired) electrons. The molecule has 1 aliphatic carbocycles. The van der Waals surface area contributed by atoms with E-state index in [0.717, 1.165) is 70.4 Å². The lowest BCUT2D eigenvalue weighted by molar-refractivity contribution is 0.136. The van der Waals surface area contributed by atoms with Gasteiger partial charge in [0.05, 0.1) is 6.10 Å². The monoisotopic (exact) mass is 452 g/mol. The Hall–Kier alpha value is -0.0800. The quantitative estimate of drug-likeness (QED) is 0.354. The highest BCUT2D eigenvalue weighted by molar-refractivity contribution is 14.0. The lowest BCUT2D eigenvalue weighted by Crippen LogP contribution is -2.41. The Kier molecular flexibility index (Phi) is 10.5. The first-order valence-corrected chi connectivity index (χ1v) is 9.61. The van der Waals surface area contributed by atoms with Crippen molar-refractivity contribution < 1.29 is 5.11 Å². The van der Waals surface area contributed by atoms with Crippen LogP contribution in [-0.2, 0) is 0 Å². The molecule has 2 aliphatic rings. The van der Waals surface area contributed by atoms with E-state index in [1.165, 1.54) is 13.0 Å². The summed E-state index contributed by atoms with van der Waals surface area (Å²) in [5.74, 6) is 2.15. The molecule has 0 bridgehead atoms. The van der Waals surface area contributed by atoms with Crippen molar-refractivity contribution in [3.8, 4) is 0 Å². The van der Waals surface area contributed by atoms with Gasteiger partial charge in [0.15, 0.2) is 5.96 Å². The predicted molar refractivity (Wildman–Crippen MR) is 112 cm³/mol. The van der Waals surface area contributed by atoms with Crippen LogP contribution in [0.15, 0.2) is 4.99 Å². The van der Waals surface area contributed by atoms with Gasteiger partial charge in [0.25, 0.3) is 0 Å². The molecular formula is C18H37IN4O. The van der Waals surface area contributed by atoms with E-state index < -0.39 is 0 Å². The Morgan fingerprint density at radius 1 is 1.21 bits per heavy atom. The molecule has 0 aromatic heterocycles. The summed E-state index contributed by atoms with van der Waals surface area (Å²) in [6, 6.07) is 0. The second-order valence-electron chi connectivity index (χ2n) is 7.04. The van der Waals surface area contributed by atoms with E-state index in [-0.39, 0.29) is 30.1 Å². The van der Waals surface area contributed by atoms with Gasteiger partial charge >= 0.3 is 0 Å². The van der Waals surface area contributed by atoms with Crippen LogP contribution >= 0.6 is 24.0 Å². The first-order valence-electron chi connectivity index (χ1n) is 9.61. The molecule has 2 rings (SSSR count). The highest BCUT2D eigenvalue weighted by atomic mass is 127. The Labute approximate surface area is 165 Å². The predicted octanol–water partition coefficient (Wildman–Crippen LogP) is 2.39. The fourth-order valence-electron chi connectivity index (χ4n) is 3.88. The highest BCUT2D eigenvalue weighted by Gasteiger charge is 2.28. The van der Waals surface area contributed by atoms with Crippen LogP contribution in [0, 0.1) is 11.8 Å². The molecule has 0 amide bonds. The van der Waals surface area contributed by atoms with Gasteiger partial charge in [-0.2, -0.15) is 0 Å². The Morgan fingerprint density at radius 3 is 2.54 bits per heavy atom. The van der Waals surface area contributed by atoms with Crippen molar-refractivity contribution in [2.75, 3.05) is 45.8 Å². The summed E-state index contributed by atoms with van der Waals surface area (Å²) in [6.45, 7) is 14.0. The lowest BCUT2D eigenvalue weighted by Gasteiger charge is -2.25. The normalized spacial score (nSPS) is 27.6. The van der Waals surface area contributed by atoms with Gasteiger partial charge in [-0.15, -0.1) is 24.0 Å². The van der Waals surface area contributed by atoms with Crippen molar-refractivity contribution in [2.45, 2.75) is 52.6 Å². The van der Waals surface area contributed by atoms with Gasteiger partial charge in [0, 0.05) is 38.6 Å². The van der Waals surface area contributed by atoms with Gasteiger partial charge in [-0.05, 0) is 45.2 Å². The third-order valence-corrected chi connectivity index (χ3v) is 5.43. The van der Waals surface area contributed by atoms with E-state index in [9.17, 15) is 5.11 Å². The van der Waals surface area contributed by atoms with Gasteiger partial charge in [0.1, 0.15) is 0 Å². The number of hydrogen-bond donors (Lipinski definition) is 2. The van der Waals surface area contributed by atoms with E-state index in [0.29, 0.717) is 5.92 Å². The van der Waals surface area contributed by atoms with Crippen molar-refractivity contribution in [3.63, 3.8) is 0 Å². The Morgan fingerprint density at radius 2 is 1.96 bits per heavy atom. The molecule has 2 fully saturated rings. The number of likely N-dealkylation sites (tertiary alicyclic amines) is 1. The van der Waals surface area contributed by atoms with E-state index in [4.69, 9.17) is 4.99 Å². The number of hydrogen-bond acceptors (Lipinski definition) is 3. The molecular weight excluding hydrogens is 415 g/mol. The SMILES string of the molecule is CCNC(=NCC1CCCC1O)N1CCC(CN(CC)CC)C1.I. The summed E-state index contributed by atoms with van der Waals surface area (Å²) in [5.41, 5.74) is 0. The molecule has 0 aromatic rings. The first kappa shape index (κ1) is 22.0. The van der Waals surface area contributed by atoms with Crippen LogP contribution in [0.25, 0.3) is 0 Å². The summed E-state index contributed by atoms with van der Waals surface area (Å²) in [6.07, 6.45) is 4.33. The maximum atomic E-state index is 9.98. The summed E-state index contributed by atoms with van der Waals surface area (Å²) >= 11 is 0. The Bertz CT molecular complexity index is 376. The van der Waals surface area contributed by atoms with Crippen molar-refractivity contribution in [3.05, 3.63) is 0 Å². The summed E-state index contributed by atoms with van der Waals surface area (Å²) in [4.78, 5) is 9.78. The number of guanidine groups is 1. The van der Waals surface area contributed by atoms with Gasteiger partial charge in [-0.25, -0.2) is 0 Å². The molecule has 2 N–H and O–H groups in total. The van der Waals surface area contributed by atoms with E-state index >= 15 is 0 Å². The molecule has 1 saturated heterocycles. The molecule has 0 spiro atoms. The van der Waals surface area contributed by atoms with E-state index in [1.54, 1.807) is 0 Å². The largest absolute Gasteiger partial charge is 0.393 e. The van der Waals surface area contributed by atoms with Crippen molar-refractivity contribution >= 4 is 29.9 Å². The maximum absolute atomic E-state index is 9.98. The molecule has 142 valence electrons. The molecule has 3 atom stereocenters. The second kappa shape index (κ2) is 11.5. The maximum Gasteiger partial charge on any atom is 0.193 e. The van der Waals surface area contributed by atoms with Crippen LogP contribution in [0.1, 0.15) is 46.5 Å². The zero-order chi connectivity index (χ0) is 16.7. The number of aliphatic hydroxyl groups excluding tert-OH is 1. The minimum Gasteiger partial charge on any atom is -0.393 e. The average molecular weight is 452 g/mol. The molecule has 24 heavy (non-hydrogen) atoms. The zero-order valence-corrected chi connectivity index (χ0v) is 18.0. The first-order chi connectivity index (χ1) is 11.2. The molecule has 1 saturated carbocycles. The number of nitrogens with zero attached hydrogens (tertiary/aromatic N) is 3. The van der Waals surface area contributed by atoms with E-state index in [1.807, 2.05) is 0 Å². The number of nitrogens with one attached hydrogen (secondary N) is 1. The minimum absolute atomic E-state index is 0. The topological polar surface area (TPSA) is 51.1 Å². The highest BCUT2D eigenvalue weighted by Crippen LogP contribution is 2.26. The van der Waals surface area contributed by atoms with Crippen LogP contribution in [-0.4, -0.2) is 72.8 Å². The van der Waals surface area contributed by atoms with Crippen LogP contribution in [0.2, 0.25) is 0 Å². The number of rotatable bonds is 7. The average Bonchev–Trinajstić information content (AvgIpc) is 3.18. The lowest BCUT2D eigenvalue weighted by atomic mass is 10.1. The van der Waals surface area contributed by atoms with Crippen LogP contribution < -0.4 is 5.32 Å². The third kappa shape index (κ3) is 6.33. The number of aliphatic imine (C=N–C) groups is 1. The van der Waals surface area contributed by atoms with Crippen LogP contribution in [0.4, 0.5) is 0 Å². The summed E-state index contributed by atoms with van der Waals surface area (Å²) in [7, 11) is 0. The molecule has 1 heterocycles. The third-order valence-electron chi connectivity index (χ3n) is 5.43. The standard InChI is InChI=1S/C18H36N4O.HI/c1-4-19-18(20-12-16-8-7-9-17(16)23)22-11-10-15(14-22)13-21(5-2)6-3;/h15-17,23H,4-14H2,1-3H3,(H,19,20);1H. The summed E-state index contributed by atoms with van der Waals surface area (Å²) < 4.78 is 0. The van der Waals surface area contributed by atoms with E-state index in [2.05, 4.69) is 35.9 Å².